The van der Waals surface area contributed by atoms with Crippen LogP contribution in [0.5, 0.6) is 5.75 Å². The average Bonchev–Trinajstić information content (AvgIpc) is 3.14. The molecular weight excluding hydrogens is 318 g/mol. The van der Waals surface area contributed by atoms with E-state index in [1.807, 2.05) is 29.0 Å². The van der Waals surface area contributed by atoms with Gasteiger partial charge in [0.15, 0.2) is 0 Å². The molecule has 1 atom stereocenters. The van der Waals surface area contributed by atoms with Crippen molar-refractivity contribution in [2.24, 2.45) is 0 Å². The van der Waals surface area contributed by atoms with E-state index in [2.05, 4.69) is 28.2 Å². The monoisotopic (exact) mass is 343 g/mol. The molecule has 0 fully saturated rings. The number of carbonyl (C=O) groups excluding carboxylic acids is 1. The molecule has 2 heterocycles. The van der Waals surface area contributed by atoms with Crippen LogP contribution in [-0.4, -0.2) is 59.8 Å². The lowest BCUT2D eigenvalue weighted by Gasteiger charge is -2.37. The predicted molar refractivity (Wildman–Crippen MR) is 97.0 cm³/mol. The minimum absolute atomic E-state index is 0.0424. The summed E-state index contributed by atoms with van der Waals surface area (Å²) in [5.74, 6) is 0.884. The van der Waals surface area contributed by atoms with E-state index in [1.165, 1.54) is 0 Å². The number of fused-ring (bicyclic) bond motifs is 1. The van der Waals surface area contributed by atoms with Crippen LogP contribution in [-0.2, 0) is 6.54 Å². The third-order valence-corrected chi connectivity index (χ3v) is 4.33. The number of para-hydroxylation sites is 2. The van der Waals surface area contributed by atoms with Crippen molar-refractivity contribution in [3.05, 3.63) is 43.0 Å². The van der Waals surface area contributed by atoms with E-state index in [9.17, 15) is 4.79 Å². The fourth-order valence-electron chi connectivity index (χ4n) is 3.01. The van der Waals surface area contributed by atoms with Crippen molar-refractivity contribution >= 4 is 11.7 Å². The summed E-state index contributed by atoms with van der Waals surface area (Å²) in [6.07, 6.45) is 5.30. The summed E-state index contributed by atoms with van der Waals surface area (Å²) < 4.78 is 8.00. The highest BCUT2D eigenvalue weighted by molar-refractivity contribution is 5.73. The molecule has 0 saturated carbocycles. The normalized spacial score (nSPS) is 16.1. The first-order valence-electron chi connectivity index (χ1n) is 8.62. The van der Waals surface area contributed by atoms with Crippen LogP contribution in [0.2, 0.25) is 0 Å². The zero-order valence-corrected chi connectivity index (χ0v) is 14.8. The van der Waals surface area contributed by atoms with E-state index in [4.69, 9.17) is 4.74 Å². The number of hydrogen-bond acceptors (Lipinski definition) is 4. The van der Waals surface area contributed by atoms with Crippen LogP contribution in [0.25, 0.3) is 0 Å². The Morgan fingerprint density at radius 3 is 3.04 bits per heavy atom. The topological polar surface area (TPSA) is 62.6 Å². The predicted octanol–water partition coefficient (Wildman–Crippen LogP) is 1.81. The largest absolute Gasteiger partial charge is 0.485 e. The molecular formula is C18H25N5O2. The van der Waals surface area contributed by atoms with Gasteiger partial charge in [0.2, 0.25) is 0 Å². The van der Waals surface area contributed by atoms with Crippen LogP contribution < -0.4 is 15.0 Å². The smallest absolute Gasteiger partial charge is 0.317 e. The minimum atomic E-state index is -0.0920. The van der Waals surface area contributed by atoms with Gasteiger partial charge in [-0.05, 0) is 19.1 Å². The summed E-state index contributed by atoms with van der Waals surface area (Å²) in [5, 5.41) is 2.92. The van der Waals surface area contributed by atoms with E-state index in [-0.39, 0.29) is 12.1 Å². The Bertz CT molecular complexity index is 689. The van der Waals surface area contributed by atoms with E-state index < -0.39 is 0 Å². The maximum atomic E-state index is 12.3. The number of anilines is 1. The summed E-state index contributed by atoms with van der Waals surface area (Å²) in [6.45, 7) is 5.64. The standard InChI is InChI=1S/C18H25N5O2/c1-3-23-13-15(25-17-7-5-4-6-16(17)23)12-21(2)18(24)20-9-11-22-10-8-19-14-22/h4-8,10,14-15H,3,9,11-13H2,1-2H3,(H,20,24). The third kappa shape index (κ3) is 4.23. The van der Waals surface area contributed by atoms with Crippen LogP contribution in [0, 0.1) is 0 Å². The molecule has 1 aromatic heterocycles. The summed E-state index contributed by atoms with van der Waals surface area (Å²) in [5.41, 5.74) is 1.12. The third-order valence-electron chi connectivity index (χ3n) is 4.33. The van der Waals surface area contributed by atoms with Crippen LogP contribution in [0.1, 0.15) is 6.92 Å². The first-order chi connectivity index (χ1) is 12.2. The maximum absolute atomic E-state index is 12.3. The Hall–Kier alpha value is -2.70. The first kappa shape index (κ1) is 17.1. The van der Waals surface area contributed by atoms with Crippen LogP contribution in [0.4, 0.5) is 10.5 Å². The van der Waals surface area contributed by atoms with Gasteiger partial charge in [-0.2, -0.15) is 0 Å². The van der Waals surface area contributed by atoms with Crippen LogP contribution in [0.3, 0.4) is 0 Å². The van der Waals surface area contributed by atoms with Gasteiger partial charge in [0.05, 0.1) is 25.1 Å². The molecule has 25 heavy (non-hydrogen) atoms. The molecule has 1 aliphatic rings. The summed E-state index contributed by atoms with van der Waals surface area (Å²) in [6, 6.07) is 7.95. The lowest BCUT2D eigenvalue weighted by molar-refractivity contribution is 0.145. The van der Waals surface area contributed by atoms with Gasteiger partial charge in [-0.15, -0.1) is 0 Å². The molecule has 0 aliphatic carbocycles. The number of nitrogens with zero attached hydrogens (tertiary/aromatic N) is 4. The number of benzene rings is 1. The zero-order chi connectivity index (χ0) is 17.6. The quantitative estimate of drug-likeness (QED) is 0.869. The number of amides is 2. The number of nitrogens with one attached hydrogen (secondary N) is 1. The zero-order valence-electron chi connectivity index (χ0n) is 14.8. The van der Waals surface area contributed by atoms with Crippen molar-refractivity contribution < 1.29 is 9.53 Å². The highest BCUT2D eigenvalue weighted by atomic mass is 16.5. The lowest BCUT2D eigenvalue weighted by Crippen LogP contribution is -2.49. The van der Waals surface area contributed by atoms with Crippen molar-refractivity contribution in [2.45, 2.75) is 19.6 Å². The number of likely N-dealkylation sites (N-methyl/N-ethyl adjacent to an activating group) is 2. The van der Waals surface area contributed by atoms with E-state index in [1.54, 1.807) is 24.5 Å². The molecule has 1 aliphatic heterocycles. The van der Waals surface area contributed by atoms with Crippen molar-refractivity contribution in [1.29, 1.82) is 0 Å². The van der Waals surface area contributed by atoms with E-state index in [0.717, 1.165) is 24.5 Å². The Balaban J connectivity index is 1.50. The van der Waals surface area contributed by atoms with Gasteiger partial charge in [-0.3, -0.25) is 0 Å². The summed E-state index contributed by atoms with van der Waals surface area (Å²) in [7, 11) is 1.80. The van der Waals surface area contributed by atoms with E-state index in [0.29, 0.717) is 19.6 Å². The number of rotatable bonds is 6. The second kappa shape index (κ2) is 7.92. The number of hydrogen-bond donors (Lipinski definition) is 1. The molecule has 3 rings (SSSR count). The maximum Gasteiger partial charge on any atom is 0.317 e. The lowest BCUT2D eigenvalue weighted by atomic mass is 10.2. The second-order valence-corrected chi connectivity index (χ2v) is 6.16. The second-order valence-electron chi connectivity index (χ2n) is 6.16. The Kier molecular flexibility index (Phi) is 5.42. The highest BCUT2D eigenvalue weighted by Crippen LogP contribution is 2.32. The van der Waals surface area contributed by atoms with E-state index >= 15 is 0 Å². The molecule has 134 valence electrons. The fraction of sp³-hybridized carbons (Fsp3) is 0.444. The van der Waals surface area contributed by atoms with Gasteiger partial charge in [-0.1, -0.05) is 12.1 Å². The molecule has 0 bridgehead atoms. The highest BCUT2D eigenvalue weighted by Gasteiger charge is 2.26. The molecule has 0 radical (unpaired) electrons. The van der Waals surface area contributed by atoms with Gasteiger partial charge in [0.1, 0.15) is 11.9 Å². The van der Waals surface area contributed by atoms with Gasteiger partial charge >= 0.3 is 6.03 Å². The van der Waals surface area contributed by atoms with Crippen LogP contribution >= 0.6 is 0 Å². The Morgan fingerprint density at radius 1 is 1.44 bits per heavy atom. The number of urea groups is 1. The van der Waals surface area contributed by atoms with Crippen molar-refractivity contribution in [1.82, 2.24) is 19.8 Å². The fourth-order valence-corrected chi connectivity index (χ4v) is 3.01. The van der Waals surface area contributed by atoms with Crippen molar-refractivity contribution in [3.63, 3.8) is 0 Å². The number of imidazole rings is 1. The molecule has 2 amide bonds. The average molecular weight is 343 g/mol. The number of carbonyl (C=O) groups is 1. The Labute approximate surface area is 148 Å². The first-order valence-corrected chi connectivity index (χ1v) is 8.62. The molecule has 1 aromatic carbocycles. The molecule has 7 heteroatoms. The van der Waals surface area contributed by atoms with Gasteiger partial charge in [-0.25, -0.2) is 9.78 Å². The number of aromatic nitrogens is 2. The number of ether oxygens (including phenoxy) is 1. The molecule has 2 aromatic rings. The van der Waals surface area contributed by atoms with Crippen molar-refractivity contribution in [3.8, 4) is 5.75 Å². The molecule has 7 nitrogen and oxygen atoms in total. The van der Waals surface area contributed by atoms with Gasteiger partial charge in [0.25, 0.3) is 0 Å². The van der Waals surface area contributed by atoms with Gasteiger partial charge in [0, 0.05) is 39.1 Å². The summed E-state index contributed by atoms with van der Waals surface area (Å²) >= 11 is 0. The molecule has 0 spiro atoms. The molecule has 1 unspecified atom stereocenters. The van der Waals surface area contributed by atoms with Crippen molar-refractivity contribution in [2.75, 3.05) is 38.1 Å². The van der Waals surface area contributed by atoms with Gasteiger partial charge < -0.3 is 24.4 Å². The molecule has 1 N–H and O–H groups in total. The minimum Gasteiger partial charge on any atom is -0.485 e. The molecule has 0 saturated heterocycles. The Morgan fingerprint density at radius 2 is 2.28 bits per heavy atom. The van der Waals surface area contributed by atoms with Crippen LogP contribution in [0.15, 0.2) is 43.0 Å². The summed E-state index contributed by atoms with van der Waals surface area (Å²) in [4.78, 5) is 20.2. The SMILES string of the molecule is CCN1CC(CN(C)C(=O)NCCn2ccnc2)Oc2ccccc21.